The fourth-order valence-electron chi connectivity index (χ4n) is 4.76. The summed E-state index contributed by atoms with van der Waals surface area (Å²) in [7, 11) is -1.96. The van der Waals surface area contributed by atoms with Crippen molar-refractivity contribution < 1.29 is 23.8 Å². The molecule has 0 radical (unpaired) electrons. The van der Waals surface area contributed by atoms with Gasteiger partial charge in [-0.15, -0.1) is 0 Å². The van der Waals surface area contributed by atoms with Gasteiger partial charge in [-0.1, -0.05) is 62.3 Å². The molecule has 5 atom stereocenters. The molecule has 0 aromatic heterocycles. The molecule has 1 rings (SSSR count). The zero-order valence-electron chi connectivity index (χ0n) is 20.3. The van der Waals surface area contributed by atoms with Crippen LogP contribution < -0.4 is 0 Å². The SMILES string of the molecule is CCC1([C@@H](C)[C@H](O[Si](CC)(CC)CC)[C@H](C)C(=O)[C@H](C)[C@H](O)C(C)C)OCCO1. The van der Waals surface area contributed by atoms with E-state index in [0.29, 0.717) is 13.2 Å². The molecule has 0 unspecified atom stereocenters. The summed E-state index contributed by atoms with van der Waals surface area (Å²) < 4.78 is 19.1. The van der Waals surface area contributed by atoms with Gasteiger partial charge in [0.05, 0.1) is 25.4 Å². The molecular weight excluding hydrogens is 384 g/mol. The molecule has 29 heavy (non-hydrogen) atoms. The summed E-state index contributed by atoms with van der Waals surface area (Å²) in [6, 6.07) is 3.07. The van der Waals surface area contributed by atoms with E-state index in [1.165, 1.54) is 0 Å². The molecule has 1 aliphatic heterocycles. The number of carbonyl (C=O) groups is 1. The molecule has 1 N–H and O–H groups in total. The average molecular weight is 431 g/mol. The van der Waals surface area contributed by atoms with Gasteiger partial charge >= 0.3 is 0 Å². The number of Topliss-reactive ketones (excluding diaryl/α,β-unsaturated/α-hetero) is 1. The highest BCUT2D eigenvalue weighted by molar-refractivity contribution is 6.73. The molecule has 0 aliphatic carbocycles. The Labute approximate surface area is 180 Å². The molecular formula is C23H46O5Si. The number of ketones is 1. The van der Waals surface area contributed by atoms with Crippen molar-refractivity contribution in [2.75, 3.05) is 13.2 Å². The fraction of sp³-hybridized carbons (Fsp3) is 0.957. The van der Waals surface area contributed by atoms with Gasteiger partial charge in [0, 0.05) is 17.8 Å². The van der Waals surface area contributed by atoms with E-state index in [9.17, 15) is 9.90 Å². The van der Waals surface area contributed by atoms with Crippen molar-refractivity contribution in [2.45, 2.75) is 105 Å². The number of aliphatic hydroxyl groups is 1. The average Bonchev–Trinajstić information content (AvgIpc) is 3.23. The molecule has 1 heterocycles. The summed E-state index contributed by atoms with van der Waals surface area (Å²) in [5.74, 6) is -1.42. The quantitative estimate of drug-likeness (QED) is 0.415. The van der Waals surface area contributed by atoms with E-state index in [-0.39, 0.29) is 29.6 Å². The summed E-state index contributed by atoms with van der Waals surface area (Å²) in [5, 5.41) is 10.5. The van der Waals surface area contributed by atoms with Gasteiger partial charge in [0.2, 0.25) is 0 Å². The first-order valence-corrected chi connectivity index (χ1v) is 14.2. The first-order chi connectivity index (χ1) is 13.5. The monoisotopic (exact) mass is 430 g/mol. The van der Waals surface area contributed by atoms with Gasteiger partial charge in [-0.2, -0.15) is 0 Å². The predicted octanol–water partition coefficient (Wildman–Crippen LogP) is 5.02. The lowest BCUT2D eigenvalue weighted by molar-refractivity contribution is -0.216. The summed E-state index contributed by atoms with van der Waals surface area (Å²) >= 11 is 0. The third-order valence-electron chi connectivity index (χ3n) is 7.36. The van der Waals surface area contributed by atoms with Crippen molar-refractivity contribution in [1.82, 2.24) is 0 Å². The highest BCUT2D eigenvalue weighted by Crippen LogP contribution is 2.40. The van der Waals surface area contributed by atoms with Crippen LogP contribution in [0.4, 0.5) is 0 Å². The van der Waals surface area contributed by atoms with Gasteiger partial charge in [0.1, 0.15) is 5.78 Å². The first-order valence-electron chi connectivity index (χ1n) is 11.7. The minimum atomic E-state index is -1.96. The van der Waals surface area contributed by atoms with Crippen LogP contribution in [0, 0.1) is 23.7 Å². The maximum absolute atomic E-state index is 13.4. The van der Waals surface area contributed by atoms with Crippen LogP contribution in [-0.2, 0) is 18.7 Å². The van der Waals surface area contributed by atoms with E-state index in [2.05, 4.69) is 34.6 Å². The smallest absolute Gasteiger partial charge is 0.192 e. The molecule has 0 bridgehead atoms. The van der Waals surface area contributed by atoms with Gasteiger partial charge in [-0.3, -0.25) is 4.79 Å². The molecule has 6 heteroatoms. The third-order valence-corrected chi connectivity index (χ3v) is 12.0. The van der Waals surface area contributed by atoms with Crippen LogP contribution in [-0.4, -0.2) is 50.4 Å². The number of aliphatic hydroxyl groups excluding tert-OH is 1. The van der Waals surface area contributed by atoms with Crippen molar-refractivity contribution in [3.8, 4) is 0 Å². The maximum atomic E-state index is 13.4. The highest BCUT2D eigenvalue weighted by Gasteiger charge is 2.49. The molecule has 0 aromatic carbocycles. The van der Waals surface area contributed by atoms with Crippen LogP contribution in [0.1, 0.15) is 68.7 Å². The minimum Gasteiger partial charge on any atom is -0.413 e. The van der Waals surface area contributed by atoms with Crippen molar-refractivity contribution in [2.24, 2.45) is 23.7 Å². The van der Waals surface area contributed by atoms with Crippen LogP contribution in [0.2, 0.25) is 18.1 Å². The van der Waals surface area contributed by atoms with E-state index in [1.54, 1.807) is 0 Å². The molecule has 1 saturated heterocycles. The molecule has 0 amide bonds. The number of carbonyl (C=O) groups excluding carboxylic acids is 1. The molecule has 0 spiro atoms. The van der Waals surface area contributed by atoms with Crippen molar-refractivity contribution in [3.63, 3.8) is 0 Å². The lowest BCUT2D eigenvalue weighted by atomic mass is 9.79. The zero-order chi connectivity index (χ0) is 22.4. The second-order valence-corrected chi connectivity index (χ2v) is 13.9. The van der Waals surface area contributed by atoms with Gasteiger partial charge in [-0.25, -0.2) is 0 Å². The van der Waals surface area contributed by atoms with E-state index in [0.717, 1.165) is 24.6 Å². The maximum Gasteiger partial charge on any atom is 0.192 e. The Morgan fingerprint density at radius 1 is 0.966 bits per heavy atom. The van der Waals surface area contributed by atoms with E-state index >= 15 is 0 Å². The summed E-state index contributed by atoms with van der Waals surface area (Å²) in [4.78, 5) is 13.4. The predicted molar refractivity (Wildman–Crippen MR) is 120 cm³/mol. The second kappa shape index (κ2) is 11.4. The Morgan fingerprint density at radius 2 is 1.45 bits per heavy atom. The summed E-state index contributed by atoms with van der Waals surface area (Å²) in [6.07, 6.45) is -0.211. The van der Waals surface area contributed by atoms with Crippen molar-refractivity contribution in [3.05, 3.63) is 0 Å². The van der Waals surface area contributed by atoms with Crippen molar-refractivity contribution >= 4 is 14.1 Å². The Balaban J connectivity index is 3.26. The van der Waals surface area contributed by atoms with Crippen LogP contribution >= 0.6 is 0 Å². The van der Waals surface area contributed by atoms with Gasteiger partial charge in [-0.05, 0) is 30.5 Å². The van der Waals surface area contributed by atoms with Crippen molar-refractivity contribution in [1.29, 1.82) is 0 Å². The van der Waals surface area contributed by atoms with Crippen LogP contribution in [0.5, 0.6) is 0 Å². The van der Waals surface area contributed by atoms with Gasteiger partial charge < -0.3 is 19.0 Å². The number of hydrogen-bond acceptors (Lipinski definition) is 5. The van der Waals surface area contributed by atoms with E-state index in [4.69, 9.17) is 13.9 Å². The standard InChI is InChI=1S/C23H46O5Si/c1-10-23(26-14-15-27-23)19(9)22(28-29(11-2,12-3)13-4)18(8)21(25)17(7)20(24)16(5)6/h16-20,22,24H,10-15H2,1-9H3/t17-,18-,19+,20-,22-/m1/s1. The van der Waals surface area contributed by atoms with Crippen LogP contribution in [0.25, 0.3) is 0 Å². The normalized spacial score (nSPS) is 22.3. The molecule has 172 valence electrons. The first kappa shape index (κ1) is 26.8. The van der Waals surface area contributed by atoms with Gasteiger partial charge in [0.15, 0.2) is 14.1 Å². The Bertz CT molecular complexity index is 491. The zero-order valence-corrected chi connectivity index (χ0v) is 21.3. The molecule has 0 aromatic rings. The molecule has 1 fully saturated rings. The van der Waals surface area contributed by atoms with Gasteiger partial charge in [0.25, 0.3) is 0 Å². The highest BCUT2D eigenvalue weighted by atomic mass is 28.4. The van der Waals surface area contributed by atoms with Crippen LogP contribution in [0.3, 0.4) is 0 Å². The Hall–Kier alpha value is -0.273. The van der Waals surface area contributed by atoms with E-state index < -0.39 is 26.1 Å². The second-order valence-electron chi connectivity index (χ2n) is 9.19. The topological polar surface area (TPSA) is 65.0 Å². The van der Waals surface area contributed by atoms with E-state index in [1.807, 2.05) is 27.7 Å². The Kier molecular flexibility index (Phi) is 10.5. The lowest BCUT2D eigenvalue weighted by Crippen LogP contribution is -2.53. The number of rotatable bonds is 13. The largest absolute Gasteiger partial charge is 0.413 e. The van der Waals surface area contributed by atoms with Crippen LogP contribution in [0.15, 0.2) is 0 Å². The summed E-state index contributed by atoms with van der Waals surface area (Å²) in [6.45, 7) is 19.6. The summed E-state index contributed by atoms with van der Waals surface area (Å²) in [5.41, 5.74) is 0. The molecule has 1 aliphatic rings. The third kappa shape index (κ3) is 5.91. The molecule has 5 nitrogen and oxygen atoms in total. The lowest BCUT2D eigenvalue weighted by Gasteiger charge is -2.44. The molecule has 0 saturated carbocycles. The number of ether oxygens (including phenoxy) is 2. The fourth-order valence-corrected chi connectivity index (χ4v) is 7.74. The number of hydrogen-bond donors (Lipinski definition) is 1. The minimum absolute atomic E-state index is 0.0387. The Morgan fingerprint density at radius 3 is 1.83 bits per heavy atom.